The lowest BCUT2D eigenvalue weighted by molar-refractivity contribution is 0.102. The van der Waals surface area contributed by atoms with Crippen molar-refractivity contribution in [2.75, 3.05) is 19.5 Å². The molecule has 0 atom stereocenters. The van der Waals surface area contributed by atoms with Gasteiger partial charge in [0.15, 0.2) is 17.3 Å². The molecule has 1 heterocycles. The molecule has 0 aliphatic carbocycles. The summed E-state index contributed by atoms with van der Waals surface area (Å²) >= 11 is 0. The number of methoxy groups -OCH3 is 2. The van der Waals surface area contributed by atoms with Crippen LogP contribution in [0.25, 0.3) is 11.4 Å². The second-order valence-electron chi connectivity index (χ2n) is 5.04. The summed E-state index contributed by atoms with van der Waals surface area (Å²) in [6.07, 6.45) is 0. The summed E-state index contributed by atoms with van der Waals surface area (Å²) in [4.78, 5) is 16.3. The van der Waals surface area contributed by atoms with Gasteiger partial charge in [-0.3, -0.25) is 15.2 Å². The van der Waals surface area contributed by atoms with Crippen LogP contribution in [0.4, 0.5) is 10.3 Å². The van der Waals surface area contributed by atoms with Crippen LogP contribution in [-0.4, -0.2) is 35.3 Å². The Labute approximate surface area is 142 Å². The molecule has 25 heavy (non-hydrogen) atoms. The van der Waals surface area contributed by atoms with Crippen LogP contribution in [0.15, 0.2) is 42.5 Å². The maximum atomic E-state index is 13.2. The van der Waals surface area contributed by atoms with Gasteiger partial charge in [0.25, 0.3) is 5.91 Å². The first-order valence-corrected chi connectivity index (χ1v) is 7.32. The Hall–Kier alpha value is -3.42. The fraction of sp³-hybridized carbons (Fsp3) is 0.118. The van der Waals surface area contributed by atoms with Gasteiger partial charge in [-0.05, 0) is 36.4 Å². The number of carbonyl (C=O) groups is 1. The Balaban J connectivity index is 1.79. The van der Waals surface area contributed by atoms with E-state index in [2.05, 4.69) is 20.5 Å². The number of nitrogens with zero attached hydrogens (tertiary/aromatic N) is 2. The van der Waals surface area contributed by atoms with Crippen LogP contribution in [0.5, 0.6) is 11.5 Å². The van der Waals surface area contributed by atoms with Gasteiger partial charge in [-0.2, -0.15) is 4.98 Å². The third kappa shape index (κ3) is 3.57. The van der Waals surface area contributed by atoms with Crippen molar-refractivity contribution in [3.8, 4) is 22.9 Å². The molecular formula is C17H15FN4O3. The van der Waals surface area contributed by atoms with Gasteiger partial charge in [0.05, 0.1) is 14.2 Å². The van der Waals surface area contributed by atoms with Gasteiger partial charge in [-0.15, -0.1) is 5.10 Å². The number of halogens is 1. The summed E-state index contributed by atoms with van der Waals surface area (Å²) in [5.41, 5.74) is 0.883. The summed E-state index contributed by atoms with van der Waals surface area (Å²) in [5.74, 6) is 0.660. The number of ether oxygens (including phenoxy) is 2. The standard InChI is InChI=1S/C17H15FN4O3/c1-24-13-7-6-10(9-14(13)25-2)15-19-17(22-21-15)20-16(23)11-4-3-5-12(18)8-11/h3-9H,1-2H3,(H2,19,20,21,22,23). The average molecular weight is 342 g/mol. The molecule has 3 aromatic rings. The molecule has 2 aromatic carbocycles. The average Bonchev–Trinajstić information content (AvgIpc) is 3.09. The van der Waals surface area contributed by atoms with Crippen molar-refractivity contribution in [3.05, 3.63) is 53.8 Å². The molecule has 2 N–H and O–H groups in total. The Kier molecular flexibility index (Phi) is 4.60. The fourth-order valence-corrected chi connectivity index (χ4v) is 2.23. The number of aromatic nitrogens is 3. The minimum atomic E-state index is -0.502. The van der Waals surface area contributed by atoms with Crippen molar-refractivity contribution >= 4 is 11.9 Å². The Bertz CT molecular complexity index is 910. The Morgan fingerprint density at radius 1 is 1.12 bits per heavy atom. The molecule has 0 bridgehead atoms. The van der Waals surface area contributed by atoms with Crippen LogP contribution in [0.3, 0.4) is 0 Å². The van der Waals surface area contributed by atoms with E-state index in [1.54, 1.807) is 25.3 Å². The minimum absolute atomic E-state index is 0.0825. The Morgan fingerprint density at radius 3 is 2.64 bits per heavy atom. The normalized spacial score (nSPS) is 10.4. The maximum Gasteiger partial charge on any atom is 0.258 e. The predicted octanol–water partition coefficient (Wildman–Crippen LogP) is 2.88. The minimum Gasteiger partial charge on any atom is -0.493 e. The van der Waals surface area contributed by atoms with Crippen molar-refractivity contribution in [1.82, 2.24) is 15.2 Å². The fourth-order valence-electron chi connectivity index (χ4n) is 2.23. The summed E-state index contributed by atoms with van der Waals surface area (Å²) in [6, 6.07) is 10.6. The molecule has 1 aromatic heterocycles. The second-order valence-corrected chi connectivity index (χ2v) is 5.04. The molecule has 3 rings (SSSR count). The van der Waals surface area contributed by atoms with Crippen molar-refractivity contribution in [1.29, 1.82) is 0 Å². The highest BCUT2D eigenvalue weighted by Crippen LogP contribution is 2.31. The van der Waals surface area contributed by atoms with Crippen LogP contribution in [0.1, 0.15) is 10.4 Å². The summed E-state index contributed by atoms with van der Waals surface area (Å²) in [6.45, 7) is 0. The number of rotatable bonds is 5. The summed E-state index contributed by atoms with van der Waals surface area (Å²) in [5, 5.41) is 9.19. The van der Waals surface area contributed by atoms with Gasteiger partial charge in [-0.25, -0.2) is 4.39 Å². The number of aromatic amines is 1. The molecular weight excluding hydrogens is 327 g/mol. The van der Waals surface area contributed by atoms with E-state index in [9.17, 15) is 9.18 Å². The van der Waals surface area contributed by atoms with Crippen molar-refractivity contribution in [2.24, 2.45) is 0 Å². The molecule has 0 saturated heterocycles. The van der Waals surface area contributed by atoms with E-state index < -0.39 is 11.7 Å². The number of nitrogens with one attached hydrogen (secondary N) is 2. The van der Waals surface area contributed by atoms with E-state index in [0.717, 1.165) is 6.07 Å². The van der Waals surface area contributed by atoms with E-state index in [1.807, 2.05) is 0 Å². The van der Waals surface area contributed by atoms with Crippen LogP contribution < -0.4 is 14.8 Å². The van der Waals surface area contributed by atoms with Crippen molar-refractivity contribution in [3.63, 3.8) is 0 Å². The quantitative estimate of drug-likeness (QED) is 0.744. The third-order valence-electron chi connectivity index (χ3n) is 3.45. The molecule has 0 fully saturated rings. The number of amides is 1. The lowest BCUT2D eigenvalue weighted by Gasteiger charge is -2.07. The molecule has 1 amide bonds. The first kappa shape index (κ1) is 16.4. The zero-order chi connectivity index (χ0) is 17.8. The largest absolute Gasteiger partial charge is 0.493 e. The first-order chi connectivity index (χ1) is 12.1. The van der Waals surface area contributed by atoms with E-state index in [0.29, 0.717) is 22.9 Å². The highest BCUT2D eigenvalue weighted by atomic mass is 19.1. The zero-order valence-corrected chi connectivity index (χ0v) is 13.5. The van der Waals surface area contributed by atoms with Crippen LogP contribution in [-0.2, 0) is 0 Å². The highest BCUT2D eigenvalue weighted by molar-refractivity contribution is 6.03. The molecule has 0 saturated carbocycles. The molecule has 8 heteroatoms. The smallest absolute Gasteiger partial charge is 0.258 e. The third-order valence-corrected chi connectivity index (χ3v) is 3.45. The maximum absolute atomic E-state index is 13.2. The summed E-state index contributed by atoms with van der Waals surface area (Å²) < 4.78 is 23.6. The Morgan fingerprint density at radius 2 is 1.92 bits per heavy atom. The van der Waals surface area contributed by atoms with Gasteiger partial charge in [-0.1, -0.05) is 6.07 Å². The molecule has 0 spiro atoms. The number of H-pyrrole nitrogens is 1. The van der Waals surface area contributed by atoms with Crippen molar-refractivity contribution < 1.29 is 18.7 Å². The SMILES string of the molecule is COc1ccc(-c2nc(NC(=O)c3cccc(F)c3)n[nH]2)cc1OC. The van der Waals surface area contributed by atoms with Gasteiger partial charge in [0.2, 0.25) is 5.95 Å². The van der Waals surface area contributed by atoms with E-state index in [1.165, 1.54) is 25.3 Å². The van der Waals surface area contributed by atoms with E-state index in [-0.39, 0.29) is 11.5 Å². The van der Waals surface area contributed by atoms with Crippen LogP contribution >= 0.6 is 0 Å². The second kappa shape index (κ2) is 7.00. The van der Waals surface area contributed by atoms with Gasteiger partial charge >= 0.3 is 0 Å². The molecule has 0 radical (unpaired) electrons. The van der Waals surface area contributed by atoms with Crippen LogP contribution in [0, 0.1) is 5.82 Å². The lowest BCUT2D eigenvalue weighted by Crippen LogP contribution is -2.13. The molecule has 128 valence electrons. The highest BCUT2D eigenvalue weighted by Gasteiger charge is 2.13. The predicted molar refractivity (Wildman–Crippen MR) is 89.3 cm³/mol. The van der Waals surface area contributed by atoms with Crippen LogP contribution in [0.2, 0.25) is 0 Å². The number of benzene rings is 2. The van der Waals surface area contributed by atoms with E-state index >= 15 is 0 Å². The number of carbonyl (C=O) groups excluding carboxylic acids is 1. The molecule has 0 aliphatic heterocycles. The van der Waals surface area contributed by atoms with Gasteiger partial charge in [0, 0.05) is 11.1 Å². The zero-order valence-electron chi connectivity index (χ0n) is 13.5. The molecule has 0 aliphatic rings. The van der Waals surface area contributed by atoms with Gasteiger partial charge in [0.1, 0.15) is 5.82 Å². The summed E-state index contributed by atoms with van der Waals surface area (Å²) in [7, 11) is 3.08. The van der Waals surface area contributed by atoms with Gasteiger partial charge < -0.3 is 9.47 Å². The monoisotopic (exact) mass is 342 g/mol. The first-order valence-electron chi connectivity index (χ1n) is 7.32. The molecule has 7 nitrogen and oxygen atoms in total. The number of hydrogen-bond acceptors (Lipinski definition) is 5. The van der Waals surface area contributed by atoms with Crippen molar-refractivity contribution in [2.45, 2.75) is 0 Å². The number of anilines is 1. The molecule has 0 unspecified atom stereocenters. The van der Waals surface area contributed by atoms with E-state index in [4.69, 9.17) is 9.47 Å². The topological polar surface area (TPSA) is 89.1 Å². The number of hydrogen-bond donors (Lipinski definition) is 2. The lowest BCUT2D eigenvalue weighted by atomic mass is 10.2.